The first-order valence-electron chi connectivity index (χ1n) is 5.99. The van der Waals surface area contributed by atoms with Crippen molar-refractivity contribution in [2.75, 3.05) is 6.54 Å². The molecule has 2 aromatic rings. The summed E-state index contributed by atoms with van der Waals surface area (Å²) in [6, 6.07) is 7.84. The van der Waals surface area contributed by atoms with Gasteiger partial charge < -0.3 is 9.88 Å². The van der Waals surface area contributed by atoms with Gasteiger partial charge in [-0.25, -0.2) is 0 Å². The van der Waals surface area contributed by atoms with Gasteiger partial charge in [-0.05, 0) is 29.8 Å². The van der Waals surface area contributed by atoms with E-state index in [0.717, 1.165) is 25.2 Å². The van der Waals surface area contributed by atoms with Crippen molar-refractivity contribution >= 4 is 23.2 Å². The van der Waals surface area contributed by atoms with Crippen molar-refractivity contribution in [2.24, 2.45) is 0 Å². The molecule has 1 N–H and O–H groups in total. The molecule has 0 unspecified atom stereocenters. The van der Waals surface area contributed by atoms with Crippen LogP contribution in [0.1, 0.15) is 18.1 Å². The number of aromatic nitrogens is 1. The molecule has 18 heavy (non-hydrogen) atoms. The predicted molar refractivity (Wildman–Crippen MR) is 77.4 cm³/mol. The van der Waals surface area contributed by atoms with Gasteiger partial charge in [-0.3, -0.25) is 0 Å². The third kappa shape index (κ3) is 3.29. The Kier molecular flexibility index (Phi) is 4.70. The third-order valence-electron chi connectivity index (χ3n) is 2.78. The molecule has 2 rings (SSSR count). The van der Waals surface area contributed by atoms with E-state index in [2.05, 4.69) is 35.3 Å². The maximum atomic E-state index is 6.18. The van der Waals surface area contributed by atoms with E-state index in [-0.39, 0.29) is 0 Å². The van der Waals surface area contributed by atoms with Gasteiger partial charge >= 0.3 is 0 Å². The molecule has 1 aromatic carbocycles. The lowest BCUT2D eigenvalue weighted by molar-refractivity contribution is 0.721. The minimum atomic E-state index is 0.606. The van der Waals surface area contributed by atoms with Crippen molar-refractivity contribution in [3.63, 3.8) is 0 Å². The Morgan fingerprint density at radius 1 is 1.22 bits per heavy atom. The highest BCUT2D eigenvalue weighted by Gasteiger charge is 2.05. The predicted octanol–water partition coefficient (Wildman–Crippen LogP) is 3.95. The average molecular weight is 283 g/mol. The zero-order chi connectivity index (χ0) is 13.0. The Bertz CT molecular complexity index is 520. The Morgan fingerprint density at radius 2 is 2.06 bits per heavy atom. The number of hydrogen-bond acceptors (Lipinski definition) is 1. The summed E-state index contributed by atoms with van der Waals surface area (Å²) in [7, 11) is 0. The fourth-order valence-corrected chi connectivity index (χ4v) is 2.21. The number of nitrogens with zero attached hydrogens (tertiary/aromatic N) is 1. The minimum Gasteiger partial charge on any atom is -0.350 e. The maximum absolute atomic E-state index is 6.18. The van der Waals surface area contributed by atoms with Crippen LogP contribution in [0.15, 0.2) is 36.7 Å². The first kappa shape index (κ1) is 13.5. The Balaban J connectivity index is 2.09. The summed E-state index contributed by atoms with van der Waals surface area (Å²) >= 11 is 12.2. The van der Waals surface area contributed by atoms with Crippen molar-refractivity contribution in [2.45, 2.75) is 20.0 Å². The van der Waals surface area contributed by atoms with Gasteiger partial charge in [-0.2, -0.15) is 0 Å². The van der Waals surface area contributed by atoms with Crippen molar-refractivity contribution < 1.29 is 0 Å². The monoisotopic (exact) mass is 282 g/mol. The molecule has 1 heterocycles. The van der Waals surface area contributed by atoms with Crippen LogP contribution < -0.4 is 5.32 Å². The summed E-state index contributed by atoms with van der Waals surface area (Å²) in [5.74, 6) is 0. The van der Waals surface area contributed by atoms with Gasteiger partial charge in [-0.1, -0.05) is 42.3 Å². The second-order valence-corrected chi connectivity index (χ2v) is 4.97. The van der Waals surface area contributed by atoms with E-state index in [1.54, 1.807) is 6.07 Å². The van der Waals surface area contributed by atoms with Crippen LogP contribution in [0.5, 0.6) is 0 Å². The van der Waals surface area contributed by atoms with Crippen molar-refractivity contribution in [3.8, 4) is 0 Å². The highest BCUT2D eigenvalue weighted by molar-refractivity contribution is 6.42. The summed E-state index contributed by atoms with van der Waals surface area (Å²) in [6.07, 6.45) is 4.18. The zero-order valence-electron chi connectivity index (χ0n) is 10.3. The van der Waals surface area contributed by atoms with Crippen LogP contribution in [0.3, 0.4) is 0 Å². The largest absolute Gasteiger partial charge is 0.350 e. The molecule has 0 bridgehead atoms. The van der Waals surface area contributed by atoms with E-state index < -0.39 is 0 Å². The minimum absolute atomic E-state index is 0.606. The first-order valence-corrected chi connectivity index (χ1v) is 6.74. The van der Waals surface area contributed by atoms with E-state index in [4.69, 9.17) is 23.2 Å². The van der Waals surface area contributed by atoms with E-state index in [9.17, 15) is 0 Å². The van der Waals surface area contributed by atoms with Gasteiger partial charge in [0.1, 0.15) is 0 Å². The SMILES string of the molecule is CCNCc1ccn(Cc2cccc(Cl)c2Cl)c1. The van der Waals surface area contributed by atoms with Crippen LogP contribution in [0, 0.1) is 0 Å². The smallest absolute Gasteiger partial charge is 0.0642 e. The molecule has 0 saturated heterocycles. The molecule has 0 radical (unpaired) electrons. The van der Waals surface area contributed by atoms with Crippen LogP contribution in [0.2, 0.25) is 10.0 Å². The van der Waals surface area contributed by atoms with E-state index in [0.29, 0.717) is 10.0 Å². The van der Waals surface area contributed by atoms with Crippen LogP contribution in [0.25, 0.3) is 0 Å². The van der Waals surface area contributed by atoms with Gasteiger partial charge in [0.2, 0.25) is 0 Å². The van der Waals surface area contributed by atoms with Crippen molar-refractivity contribution in [3.05, 3.63) is 57.8 Å². The maximum Gasteiger partial charge on any atom is 0.0642 e. The van der Waals surface area contributed by atoms with Crippen LogP contribution in [-0.4, -0.2) is 11.1 Å². The number of benzene rings is 1. The van der Waals surface area contributed by atoms with E-state index in [1.807, 2.05) is 12.1 Å². The highest BCUT2D eigenvalue weighted by Crippen LogP contribution is 2.26. The lowest BCUT2D eigenvalue weighted by Gasteiger charge is -2.07. The molecule has 0 fully saturated rings. The van der Waals surface area contributed by atoms with Crippen LogP contribution in [-0.2, 0) is 13.1 Å². The van der Waals surface area contributed by atoms with Gasteiger partial charge in [0, 0.05) is 25.5 Å². The molecule has 0 aliphatic rings. The topological polar surface area (TPSA) is 17.0 Å². The lowest BCUT2D eigenvalue weighted by atomic mass is 10.2. The summed E-state index contributed by atoms with van der Waals surface area (Å²) in [5.41, 5.74) is 2.31. The third-order valence-corrected chi connectivity index (χ3v) is 3.63. The molecule has 2 nitrogen and oxygen atoms in total. The molecule has 96 valence electrons. The number of rotatable bonds is 5. The Hall–Kier alpha value is -0.960. The standard InChI is InChI=1S/C14H16Cl2N2/c1-2-17-8-11-6-7-18(9-11)10-12-4-3-5-13(15)14(12)16/h3-7,9,17H,2,8,10H2,1H3. The number of nitrogens with one attached hydrogen (secondary N) is 1. The quantitative estimate of drug-likeness (QED) is 0.879. The summed E-state index contributed by atoms with van der Waals surface area (Å²) < 4.78 is 2.12. The first-order chi connectivity index (χ1) is 8.70. The summed E-state index contributed by atoms with van der Waals surface area (Å²) in [5, 5.41) is 4.55. The second kappa shape index (κ2) is 6.28. The molecule has 0 aliphatic heterocycles. The zero-order valence-corrected chi connectivity index (χ0v) is 11.8. The molecule has 0 spiro atoms. The van der Waals surface area contributed by atoms with E-state index >= 15 is 0 Å². The summed E-state index contributed by atoms with van der Waals surface area (Å²) in [6.45, 7) is 4.71. The Morgan fingerprint density at radius 3 is 2.83 bits per heavy atom. The van der Waals surface area contributed by atoms with Gasteiger partial charge in [0.05, 0.1) is 10.0 Å². The molecule has 0 saturated carbocycles. The average Bonchev–Trinajstić information content (AvgIpc) is 2.80. The van der Waals surface area contributed by atoms with E-state index in [1.165, 1.54) is 5.56 Å². The van der Waals surface area contributed by atoms with Crippen LogP contribution in [0.4, 0.5) is 0 Å². The molecular formula is C14H16Cl2N2. The Labute approximate surface area is 118 Å². The van der Waals surface area contributed by atoms with Crippen LogP contribution >= 0.6 is 23.2 Å². The van der Waals surface area contributed by atoms with Gasteiger partial charge in [-0.15, -0.1) is 0 Å². The molecule has 0 amide bonds. The van der Waals surface area contributed by atoms with Crippen molar-refractivity contribution in [1.29, 1.82) is 0 Å². The number of halogens is 2. The van der Waals surface area contributed by atoms with Gasteiger partial charge in [0.15, 0.2) is 0 Å². The van der Waals surface area contributed by atoms with Crippen molar-refractivity contribution in [1.82, 2.24) is 9.88 Å². The second-order valence-electron chi connectivity index (χ2n) is 4.19. The fraction of sp³-hybridized carbons (Fsp3) is 0.286. The molecular weight excluding hydrogens is 267 g/mol. The highest BCUT2D eigenvalue weighted by atomic mass is 35.5. The molecule has 0 atom stereocenters. The molecule has 0 aliphatic carbocycles. The fourth-order valence-electron chi connectivity index (χ4n) is 1.83. The normalized spacial score (nSPS) is 10.8. The van der Waals surface area contributed by atoms with Gasteiger partial charge in [0.25, 0.3) is 0 Å². The lowest BCUT2D eigenvalue weighted by Crippen LogP contribution is -2.11. The number of hydrogen-bond donors (Lipinski definition) is 1. The molecule has 4 heteroatoms. The molecule has 1 aromatic heterocycles. The summed E-state index contributed by atoms with van der Waals surface area (Å²) in [4.78, 5) is 0.